The molecule has 0 saturated carbocycles. The molecule has 17 heavy (non-hydrogen) atoms. The van der Waals surface area contributed by atoms with E-state index in [1.807, 2.05) is 5.32 Å². The number of halogens is 1. The Morgan fingerprint density at radius 2 is 2.12 bits per heavy atom. The lowest BCUT2D eigenvalue weighted by Crippen LogP contribution is -2.42. The molecule has 0 spiro atoms. The highest BCUT2D eigenvalue weighted by Crippen LogP contribution is 2.22. The van der Waals surface area contributed by atoms with Gasteiger partial charge in [0.05, 0.1) is 0 Å². The Hall–Kier alpha value is -1.75. The average Bonchev–Trinajstić information content (AvgIpc) is 2.21. The van der Waals surface area contributed by atoms with Crippen LogP contribution in [0.15, 0.2) is 18.2 Å². The zero-order valence-electron chi connectivity index (χ0n) is 9.49. The number of imide groups is 1. The molecular formula is C11H13ClN2O3. The Labute approximate surface area is 104 Å². The molecule has 0 aliphatic carbocycles. The van der Waals surface area contributed by atoms with Crippen LogP contribution >= 0.6 is 11.6 Å². The van der Waals surface area contributed by atoms with Gasteiger partial charge in [0.2, 0.25) is 0 Å². The lowest BCUT2D eigenvalue weighted by molar-refractivity contribution is -0.126. The summed E-state index contributed by atoms with van der Waals surface area (Å²) < 4.78 is 5.38. The van der Waals surface area contributed by atoms with Crippen LogP contribution < -0.4 is 15.8 Å². The third kappa shape index (κ3) is 3.96. The SMILES string of the molecule is Cc1cc(Cl)ccc1O[C@@H](C)C(=O)NC(N)=O. The number of hydrogen-bond donors (Lipinski definition) is 2. The summed E-state index contributed by atoms with van der Waals surface area (Å²) >= 11 is 5.79. The van der Waals surface area contributed by atoms with Gasteiger partial charge >= 0.3 is 6.03 Å². The van der Waals surface area contributed by atoms with Crippen molar-refractivity contribution < 1.29 is 14.3 Å². The van der Waals surface area contributed by atoms with Crippen molar-refractivity contribution in [3.05, 3.63) is 28.8 Å². The molecule has 0 aliphatic rings. The van der Waals surface area contributed by atoms with Crippen molar-refractivity contribution in [3.63, 3.8) is 0 Å². The standard InChI is InChI=1S/C11H13ClN2O3/c1-6-5-8(12)3-4-9(6)17-7(2)10(15)14-11(13)16/h3-5,7H,1-2H3,(H3,13,14,15,16)/t7-/m0/s1. The van der Waals surface area contributed by atoms with Gasteiger partial charge in [-0.3, -0.25) is 10.1 Å². The maximum absolute atomic E-state index is 11.4. The molecule has 1 aromatic carbocycles. The zero-order chi connectivity index (χ0) is 13.0. The highest BCUT2D eigenvalue weighted by atomic mass is 35.5. The molecule has 0 fully saturated rings. The van der Waals surface area contributed by atoms with Crippen molar-refractivity contribution in [2.75, 3.05) is 0 Å². The number of aryl methyl sites for hydroxylation is 1. The van der Waals surface area contributed by atoms with Gasteiger partial charge in [0.15, 0.2) is 6.10 Å². The number of nitrogens with one attached hydrogen (secondary N) is 1. The lowest BCUT2D eigenvalue weighted by Gasteiger charge is -2.15. The van der Waals surface area contributed by atoms with Crippen LogP contribution in [0.5, 0.6) is 5.75 Å². The Morgan fingerprint density at radius 3 is 2.65 bits per heavy atom. The number of urea groups is 1. The molecule has 3 amide bonds. The molecule has 6 heteroatoms. The van der Waals surface area contributed by atoms with Crippen molar-refractivity contribution in [2.45, 2.75) is 20.0 Å². The van der Waals surface area contributed by atoms with Gasteiger partial charge in [-0.1, -0.05) is 11.6 Å². The van der Waals surface area contributed by atoms with Crippen molar-refractivity contribution in [1.29, 1.82) is 0 Å². The van der Waals surface area contributed by atoms with Crippen LogP contribution in [0.4, 0.5) is 4.79 Å². The van der Waals surface area contributed by atoms with Gasteiger partial charge in [0.1, 0.15) is 5.75 Å². The lowest BCUT2D eigenvalue weighted by atomic mass is 10.2. The number of benzene rings is 1. The monoisotopic (exact) mass is 256 g/mol. The summed E-state index contributed by atoms with van der Waals surface area (Å²) in [4.78, 5) is 21.9. The summed E-state index contributed by atoms with van der Waals surface area (Å²) in [5.41, 5.74) is 5.63. The van der Waals surface area contributed by atoms with Crippen LogP contribution in [0.25, 0.3) is 0 Å². The third-order valence-electron chi connectivity index (χ3n) is 2.06. The molecule has 0 radical (unpaired) electrons. The predicted molar refractivity (Wildman–Crippen MR) is 64.0 cm³/mol. The van der Waals surface area contributed by atoms with Crippen LogP contribution in [-0.4, -0.2) is 18.0 Å². The number of amides is 3. The fourth-order valence-electron chi connectivity index (χ4n) is 1.21. The fraction of sp³-hybridized carbons (Fsp3) is 0.273. The average molecular weight is 257 g/mol. The fourth-order valence-corrected chi connectivity index (χ4v) is 1.44. The van der Waals surface area contributed by atoms with E-state index in [0.29, 0.717) is 10.8 Å². The molecule has 1 rings (SSSR count). The molecule has 3 N–H and O–H groups in total. The second-order valence-electron chi connectivity index (χ2n) is 3.52. The van der Waals surface area contributed by atoms with E-state index in [1.165, 1.54) is 6.92 Å². The van der Waals surface area contributed by atoms with Crippen LogP contribution in [0, 0.1) is 6.92 Å². The Balaban J connectivity index is 2.70. The number of hydrogen-bond acceptors (Lipinski definition) is 3. The van der Waals surface area contributed by atoms with E-state index < -0.39 is 18.0 Å². The zero-order valence-corrected chi connectivity index (χ0v) is 10.2. The first-order valence-corrected chi connectivity index (χ1v) is 5.31. The van der Waals surface area contributed by atoms with Gasteiger partial charge in [0, 0.05) is 5.02 Å². The summed E-state index contributed by atoms with van der Waals surface area (Å²) in [5.74, 6) is -0.0617. The van der Waals surface area contributed by atoms with Crippen LogP contribution in [0.1, 0.15) is 12.5 Å². The number of carbonyl (C=O) groups is 2. The van der Waals surface area contributed by atoms with Gasteiger partial charge in [0.25, 0.3) is 5.91 Å². The van der Waals surface area contributed by atoms with E-state index in [1.54, 1.807) is 25.1 Å². The molecule has 0 unspecified atom stereocenters. The first-order chi connectivity index (χ1) is 7.90. The smallest absolute Gasteiger partial charge is 0.318 e. The van der Waals surface area contributed by atoms with Crippen LogP contribution in [-0.2, 0) is 4.79 Å². The second-order valence-corrected chi connectivity index (χ2v) is 3.96. The number of ether oxygens (including phenoxy) is 1. The minimum atomic E-state index is -0.904. The van der Waals surface area contributed by atoms with E-state index in [4.69, 9.17) is 22.1 Å². The van der Waals surface area contributed by atoms with Crippen molar-refractivity contribution in [2.24, 2.45) is 5.73 Å². The maximum Gasteiger partial charge on any atom is 0.318 e. The topological polar surface area (TPSA) is 81.4 Å². The highest BCUT2D eigenvalue weighted by molar-refractivity contribution is 6.30. The predicted octanol–water partition coefficient (Wildman–Crippen LogP) is 1.61. The third-order valence-corrected chi connectivity index (χ3v) is 2.29. The van der Waals surface area contributed by atoms with E-state index >= 15 is 0 Å². The molecule has 1 atom stereocenters. The molecule has 0 bridgehead atoms. The molecule has 0 heterocycles. The largest absolute Gasteiger partial charge is 0.481 e. The number of rotatable bonds is 3. The molecule has 0 saturated heterocycles. The van der Waals surface area contributed by atoms with Crippen molar-refractivity contribution >= 4 is 23.5 Å². The summed E-state index contributed by atoms with van der Waals surface area (Å²) in [6.07, 6.45) is -0.817. The summed E-state index contributed by atoms with van der Waals surface area (Å²) in [5, 5.41) is 2.53. The van der Waals surface area contributed by atoms with E-state index in [0.717, 1.165) is 5.56 Å². The Bertz CT molecular complexity index is 448. The number of carbonyl (C=O) groups excluding carboxylic acids is 2. The summed E-state index contributed by atoms with van der Waals surface area (Å²) in [6, 6.07) is 4.13. The molecule has 0 aliphatic heterocycles. The van der Waals surface area contributed by atoms with Crippen LogP contribution in [0.2, 0.25) is 5.02 Å². The van der Waals surface area contributed by atoms with Gasteiger partial charge in [-0.15, -0.1) is 0 Å². The molecule has 0 aromatic heterocycles. The Morgan fingerprint density at radius 1 is 1.47 bits per heavy atom. The molecule has 92 valence electrons. The minimum absolute atomic E-state index is 0.529. The van der Waals surface area contributed by atoms with E-state index in [-0.39, 0.29) is 0 Å². The summed E-state index contributed by atoms with van der Waals surface area (Å²) in [7, 11) is 0. The van der Waals surface area contributed by atoms with Crippen molar-refractivity contribution in [1.82, 2.24) is 5.32 Å². The van der Waals surface area contributed by atoms with Crippen LogP contribution in [0.3, 0.4) is 0 Å². The van der Waals surface area contributed by atoms with E-state index in [9.17, 15) is 9.59 Å². The highest BCUT2D eigenvalue weighted by Gasteiger charge is 2.16. The van der Waals surface area contributed by atoms with Gasteiger partial charge in [-0.05, 0) is 37.6 Å². The van der Waals surface area contributed by atoms with Crippen molar-refractivity contribution in [3.8, 4) is 5.75 Å². The van der Waals surface area contributed by atoms with Gasteiger partial charge in [-0.25, -0.2) is 4.79 Å². The minimum Gasteiger partial charge on any atom is -0.481 e. The second kappa shape index (κ2) is 5.54. The van der Waals surface area contributed by atoms with Gasteiger partial charge in [-0.2, -0.15) is 0 Å². The quantitative estimate of drug-likeness (QED) is 0.862. The number of nitrogens with two attached hydrogens (primary N) is 1. The maximum atomic E-state index is 11.4. The first-order valence-electron chi connectivity index (χ1n) is 4.93. The summed E-state index contributed by atoms with van der Waals surface area (Å²) in [6.45, 7) is 3.33. The normalized spacial score (nSPS) is 11.7. The molecular weight excluding hydrogens is 244 g/mol. The molecule has 5 nitrogen and oxygen atoms in total. The molecule has 1 aromatic rings. The number of primary amides is 1. The van der Waals surface area contributed by atoms with E-state index in [2.05, 4.69) is 0 Å². The first kappa shape index (κ1) is 13.3. The Kier molecular flexibility index (Phi) is 4.34. The van der Waals surface area contributed by atoms with Gasteiger partial charge < -0.3 is 10.5 Å².